The number of hydrogen-bond acceptors (Lipinski definition) is 8. The molecule has 1 aromatic heterocycles. The van der Waals surface area contributed by atoms with Gasteiger partial charge >= 0.3 is 5.69 Å². The molecule has 0 spiro atoms. The lowest BCUT2D eigenvalue weighted by atomic mass is 10.1. The lowest BCUT2D eigenvalue weighted by Gasteiger charge is -2.43. The van der Waals surface area contributed by atoms with Crippen LogP contribution in [-0.2, 0) is 23.5 Å². The van der Waals surface area contributed by atoms with Gasteiger partial charge in [-0.1, -0.05) is 81.4 Å². The number of aromatic amines is 1. The molecule has 0 aliphatic carbocycles. The monoisotopic (exact) mass is 593 g/mol. The molecule has 3 aromatic rings. The molecule has 0 bridgehead atoms. The Morgan fingerprint density at radius 1 is 0.952 bits per heavy atom. The Bertz CT molecular complexity index is 1460. The van der Waals surface area contributed by atoms with E-state index in [-0.39, 0.29) is 11.1 Å². The molecule has 10 nitrogen and oxygen atoms in total. The summed E-state index contributed by atoms with van der Waals surface area (Å²) in [5.41, 5.74) is -0.965. The SMILES string of the molecule is CC1(C)O[C@@H]2[C@H](O1)[C@@H](CO[Si](c1ccccc1)(c1ccccc1)C(C)(C)C)O[C@H]2N1CC[C@@H](n2ccc(=O)[nH]c2=O)O1. The Balaban J connectivity index is 1.28. The van der Waals surface area contributed by atoms with Crippen LogP contribution in [0.1, 0.15) is 47.3 Å². The van der Waals surface area contributed by atoms with Gasteiger partial charge in [0.05, 0.1) is 6.61 Å². The van der Waals surface area contributed by atoms with E-state index < -0.39 is 50.0 Å². The molecule has 0 saturated carbocycles. The van der Waals surface area contributed by atoms with E-state index >= 15 is 0 Å². The minimum Gasteiger partial charge on any atom is -0.405 e. The predicted molar refractivity (Wildman–Crippen MR) is 159 cm³/mol. The molecule has 3 aliphatic heterocycles. The van der Waals surface area contributed by atoms with Crippen LogP contribution in [0.2, 0.25) is 5.04 Å². The Hall–Kier alpha value is -2.90. The smallest absolute Gasteiger partial charge is 0.330 e. The van der Waals surface area contributed by atoms with Crippen LogP contribution in [0.25, 0.3) is 0 Å². The van der Waals surface area contributed by atoms with Gasteiger partial charge in [0.15, 0.2) is 18.2 Å². The lowest BCUT2D eigenvalue weighted by Crippen LogP contribution is -2.67. The van der Waals surface area contributed by atoms with Gasteiger partial charge in [-0.05, 0) is 29.3 Å². The predicted octanol–water partition coefficient (Wildman–Crippen LogP) is 2.49. The van der Waals surface area contributed by atoms with E-state index in [0.717, 1.165) is 0 Å². The molecule has 0 amide bonds. The van der Waals surface area contributed by atoms with Gasteiger partial charge < -0.3 is 18.6 Å². The van der Waals surface area contributed by atoms with E-state index in [1.54, 1.807) is 5.06 Å². The largest absolute Gasteiger partial charge is 0.405 e. The average Bonchev–Trinajstić information content (AvgIpc) is 3.63. The number of H-pyrrole nitrogens is 1. The Morgan fingerprint density at radius 2 is 1.57 bits per heavy atom. The molecule has 0 unspecified atom stereocenters. The van der Waals surface area contributed by atoms with Gasteiger partial charge in [0.25, 0.3) is 13.9 Å². The highest BCUT2D eigenvalue weighted by Gasteiger charge is 2.59. The molecular weight excluding hydrogens is 554 g/mol. The van der Waals surface area contributed by atoms with Gasteiger partial charge in [0.2, 0.25) is 0 Å². The maximum Gasteiger partial charge on any atom is 0.330 e. The van der Waals surface area contributed by atoms with E-state index in [2.05, 4.69) is 74.3 Å². The molecule has 224 valence electrons. The molecular formula is C31H39N3O7Si. The molecule has 5 atom stereocenters. The summed E-state index contributed by atoms with van der Waals surface area (Å²) in [6.07, 6.45) is -0.349. The standard InChI is InChI=1S/C31H39N3O7Si/c1-30(2,3)42(21-12-8-6-9-13-21,22-14-10-7-11-15-22)37-20-23-26-27(40-31(4,5)39-26)28(38-23)34-19-17-25(41-34)33-18-16-24(35)32-29(33)36/h6-16,18,23,25-28H,17,19-20H2,1-5H3,(H,32,35,36)/t23-,25+,26-,27-,28-/m1/s1. The number of nitrogens with zero attached hydrogens (tertiary/aromatic N) is 2. The highest BCUT2D eigenvalue weighted by atomic mass is 28.4. The second kappa shape index (κ2) is 11.0. The molecule has 3 fully saturated rings. The highest BCUT2D eigenvalue weighted by Crippen LogP contribution is 2.43. The van der Waals surface area contributed by atoms with Gasteiger partial charge in [-0.15, -0.1) is 0 Å². The summed E-state index contributed by atoms with van der Waals surface area (Å²) in [4.78, 5) is 32.4. The van der Waals surface area contributed by atoms with E-state index in [0.29, 0.717) is 19.6 Å². The number of hydroxylamine groups is 2. The Kier molecular flexibility index (Phi) is 7.63. The summed E-state index contributed by atoms with van der Waals surface area (Å²) in [6.45, 7) is 11.4. The third kappa shape index (κ3) is 5.23. The minimum atomic E-state index is -2.80. The minimum absolute atomic E-state index is 0.186. The van der Waals surface area contributed by atoms with Gasteiger partial charge in [-0.25, -0.2) is 4.79 Å². The van der Waals surface area contributed by atoms with Crippen molar-refractivity contribution in [3.05, 3.63) is 93.8 Å². The maximum absolute atomic E-state index is 12.4. The zero-order chi connectivity index (χ0) is 29.7. The van der Waals surface area contributed by atoms with E-state index in [4.69, 9.17) is 23.5 Å². The first-order valence-corrected chi connectivity index (χ1v) is 16.4. The number of aromatic nitrogens is 2. The zero-order valence-electron chi connectivity index (χ0n) is 24.7. The molecule has 6 rings (SSSR count). The van der Waals surface area contributed by atoms with Crippen molar-refractivity contribution < 1.29 is 23.5 Å². The molecule has 3 saturated heterocycles. The summed E-state index contributed by atoms with van der Waals surface area (Å²) < 4.78 is 27.9. The van der Waals surface area contributed by atoms with Crippen molar-refractivity contribution in [2.45, 2.75) is 82.6 Å². The number of hydrogen-bond donors (Lipinski definition) is 1. The van der Waals surface area contributed by atoms with Crippen molar-refractivity contribution in [2.75, 3.05) is 13.2 Å². The third-order valence-electron chi connectivity index (χ3n) is 8.30. The number of rotatable bonds is 7. The summed E-state index contributed by atoms with van der Waals surface area (Å²) in [5, 5.41) is 3.92. The maximum atomic E-state index is 12.4. The van der Waals surface area contributed by atoms with Crippen LogP contribution in [0.15, 0.2) is 82.5 Å². The van der Waals surface area contributed by atoms with Crippen LogP contribution in [0, 0.1) is 0 Å². The van der Waals surface area contributed by atoms with Crippen LogP contribution >= 0.6 is 0 Å². The van der Waals surface area contributed by atoms with Crippen molar-refractivity contribution in [1.82, 2.24) is 14.6 Å². The van der Waals surface area contributed by atoms with Crippen molar-refractivity contribution >= 4 is 18.7 Å². The van der Waals surface area contributed by atoms with Crippen LogP contribution in [-0.4, -0.2) is 66.4 Å². The van der Waals surface area contributed by atoms with E-state index in [1.165, 1.54) is 27.2 Å². The number of benzene rings is 2. The lowest BCUT2D eigenvalue weighted by molar-refractivity contribution is -0.284. The van der Waals surface area contributed by atoms with Crippen LogP contribution in [0.5, 0.6) is 0 Å². The second-order valence-electron chi connectivity index (χ2n) is 12.6. The van der Waals surface area contributed by atoms with Crippen molar-refractivity contribution in [3.8, 4) is 0 Å². The number of nitrogens with one attached hydrogen (secondary N) is 1. The van der Waals surface area contributed by atoms with Crippen LogP contribution in [0.3, 0.4) is 0 Å². The van der Waals surface area contributed by atoms with Gasteiger partial charge in [0, 0.05) is 25.2 Å². The molecule has 3 aliphatic rings. The molecule has 1 N–H and O–H groups in total. The van der Waals surface area contributed by atoms with Crippen molar-refractivity contribution in [1.29, 1.82) is 0 Å². The molecule has 4 heterocycles. The first-order valence-electron chi connectivity index (χ1n) is 14.5. The first kappa shape index (κ1) is 29.2. The highest BCUT2D eigenvalue weighted by molar-refractivity contribution is 6.99. The second-order valence-corrected chi connectivity index (χ2v) is 16.9. The summed E-state index contributed by atoms with van der Waals surface area (Å²) >= 11 is 0. The quantitative estimate of drug-likeness (QED) is 0.417. The van der Waals surface area contributed by atoms with E-state index in [1.807, 2.05) is 26.0 Å². The van der Waals surface area contributed by atoms with Gasteiger partial charge in [-0.3, -0.25) is 19.2 Å². The molecule has 2 aromatic carbocycles. The fourth-order valence-corrected chi connectivity index (χ4v) is 11.1. The number of fused-ring (bicyclic) bond motifs is 1. The van der Waals surface area contributed by atoms with Crippen molar-refractivity contribution in [2.24, 2.45) is 0 Å². The summed E-state index contributed by atoms with van der Waals surface area (Å²) in [6, 6.07) is 22.3. The fraction of sp³-hybridized carbons (Fsp3) is 0.484. The number of ether oxygens (including phenoxy) is 3. The molecule has 0 radical (unpaired) electrons. The van der Waals surface area contributed by atoms with Gasteiger partial charge in [-0.2, -0.15) is 5.06 Å². The van der Waals surface area contributed by atoms with Crippen LogP contribution in [0.4, 0.5) is 0 Å². The van der Waals surface area contributed by atoms with Gasteiger partial charge in [0.1, 0.15) is 18.3 Å². The third-order valence-corrected chi connectivity index (χ3v) is 13.3. The average molecular weight is 594 g/mol. The molecule has 42 heavy (non-hydrogen) atoms. The van der Waals surface area contributed by atoms with Crippen molar-refractivity contribution in [3.63, 3.8) is 0 Å². The normalized spacial score (nSPS) is 27.8. The first-order chi connectivity index (χ1) is 20.0. The fourth-order valence-electron chi connectivity index (χ4n) is 6.52. The Labute approximate surface area is 246 Å². The topological polar surface area (TPSA) is 104 Å². The Morgan fingerprint density at radius 3 is 2.17 bits per heavy atom. The summed E-state index contributed by atoms with van der Waals surface area (Å²) in [5.74, 6) is -0.804. The zero-order valence-corrected chi connectivity index (χ0v) is 25.7. The van der Waals surface area contributed by atoms with Crippen LogP contribution < -0.4 is 21.6 Å². The summed E-state index contributed by atoms with van der Waals surface area (Å²) in [7, 11) is -2.80. The van der Waals surface area contributed by atoms with E-state index in [9.17, 15) is 9.59 Å². The molecule has 11 heteroatoms.